The molecule has 2 aromatic rings. The number of H-pyrrole nitrogens is 2. The molecular weight excluding hydrogens is 323 g/mol. The number of carbonyl (C=O) groups excluding carboxylic acids is 1. The monoisotopic (exact) mass is 341 g/mol. The van der Waals surface area contributed by atoms with Crippen LogP contribution in [0.1, 0.15) is 41.7 Å². The Hall–Kier alpha value is -2.32. The van der Waals surface area contributed by atoms with Gasteiger partial charge in [-0.15, -0.1) is 0 Å². The van der Waals surface area contributed by atoms with Crippen LogP contribution in [-0.4, -0.2) is 43.8 Å². The van der Waals surface area contributed by atoms with E-state index in [2.05, 4.69) is 19.9 Å². The molecule has 0 spiro atoms. The molecule has 24 heavy (non-hydrogen) atoms. The zero-order valence-corrected chi connectivity index (χ0v) is 13.2. The van der Waals surface area contributed by atoms with Crippen LogP contribution in [0.4, 0.5) is 13.2 Å². The second-order valence-electron chi connectivity index (χ2n) is 6.01. The number of hydrogen-bond acceptors (Lipinski definition) is 3. The maximum absolute atomic E-state index is 12.7. The highest BCUT2D eigenvalue weighted by Crippen LogP contribution is 2.31. The quantitative estimate of drug-likeness (QED) is 0.900. The van der Waals surface area contributed by atoms with Crippen molar-refractivity contribution in [1.29, 1.82) is 0 Å². The summed E-state index contributed by atoms with van der Waals surface area (Å²) in [6.07, 6.45) is -0.462. The Kier molecular flexibility index (Phi) is 4.33. The van der Waals surface area contributed by atoms with Crippen LogP contribution in [0.5, 0.6) is 0 Å². The Morgan fingerprint density at radius 3 is 2.83 bits per heavy atom. The first-order chi connectivity index (χ1) is 11.3. The van der Waals surface area contributed by atoms with E-state index in [1.807, 2.05) is 6.92 Å². The molecule has 0 radical (unpaired) electrons. The largest absolute Gasteiger partial charge is 0.432 e. The zero-order valence-electron chi connectivity index (χ0n) is 13.2. The molecule has 3 rings (SSSR count). The van der Waals surface area contributed by atoms with Gasteiger partial charge in [0.2, 0.25) is 5.91 Å². The summed E-state index contributed by atoms with van der Waals surface area (Å²) in [7, 11) is 0. The number of imidazole rings is 2. The third kappa shape index (κ3) is 3.44. The summed E-state index contributed by atoms with van der Waals surface area (Å²) < 4.78 is 38.0. The van der Waals surface area contributed by atoms with Crippen LogP contribution in [0.2, 0.25) is 0 Å². The molecule has 1 aliphatic rings. The average Bonchev–Trinajstić information content (AvgIpc) is 3.17. The summed E-state index contributed by atoms with van der Waals surface area (Å²) in [5.41, 5.74) is 0.686. The fraction of sp³-hybridized carbons (Fsp3) is 0.533. The third-order valence-corrected chi connectivity index (χ3v) is 4.31. The van der Waals surface area contributed by atoms with Crippen LogP contribution >= 0.6 is 0 Å². The van der Waals surface area contributed by atoms with E-state index in [1.165, 1.54) is 0 Å². The lowest BCUT2D eigenvalue weighted by molar-refractivity contribution is -0.141. The maximum atomic E-state index is 12.7. The summed E-state index contributed by atoms with van der Waals surface area (Å²) in [4.78, 5) is 27.3. The van der Waals surface area contributed by atoms with Gasteiger partial charge in [0.25, 0.3) is 0 Å². The molecule has 1 atom stereocenters. The van der Waals surface area contributed by atoms with E-state index in [4.69, 9.17) is 0 Å². The number of carbonyl (C=O) groups is 1. The Balaban J connectivity index is 1.67. The second-order valence-corrected chi connectivity index (χ2v) is 6.01. The van der Waals surface area contributed by atoms with Gasteiger partial charge in [0.15, 0.2) is 0 Å². The molecular formula is C15H18F3N5O. The molecule has 1 saturated heterocycles. The minimum Gasteiger partial charge on any atom is -0.348 e. The summed E-state index contributed by atoms with van der Waals surface area (Å²) in [5.74, 6) is 0.00681. The molecule has 6 nitrogen and oxygen atoms in total. The number of hydrogen-bond donors (Lipinski definition) is 2. The minimum atomic E-state index is -4.44. The van der Waals surface area contributed by atoms with Gasteiger partial charge >= 0.3 is 6.18 Å². The van der Waals surface area contributed by atoms with E-state index in [-0.39, 0.29) is 24.1 Å². The first-order valence-corrected chi connectivity index (χ1v) is 7.73. The minimum absolute atomic E-state index is 0.0718. The third-order valence-electron chi connectivity index (χ3n) is 4.31. The molecule has 1 amide bonds. The highest BCUT2D eigenvalue weighted by Gasteiger charge is 2.34. The van der Waals surface area contributed by atoms with Gasteiger partial charge in [-0.3, -0.25) is 4.79 Å². The predicted octanol–water partition coefficient (Wildman–Crippen LogP) is 2.41. The van der Waals surface area contributed by atoms with Crippen molar-refractivity contribution in [2.45, 2.75) is 38.3 Å². The number of likely N-dealkylation sites (tertiary alicyclic amines) is 1. The fourth-order valence-corrected chi connectivity index (χ4v) is 2.94. The Labute approximate surface area is 136 Å². The molecule has 0 bridgehead atoms. The van der Waals surface area contributed by atoms with Crippen molar-refractivity contribution in [3.05, 3.63) is 35.4 Å². The normalized spacial score (nSPS) is 18.8. The smallest absolute Gasteiger partial charge is 0.348 e. The highest BCUT2D eigenvalue weighted by molar-refractivity contribution is 5.78. The molecule has 2 N–H and O–H groups in total. The number of halogens is 3. The number of nitrogens with one attached hydrogen (secondary N) is 2. The first-order valence-electron chi connectivity index (χ1n) is 7.73. The number of alkyl halides is 3. The van der Waals surface area contributed by atoms with Crippen molar-refractivity contribution in [1.82, 2.24) is 24.8 Å². The Morgan fingerprint density at radius 2 is 2.21 bits per heavy atom. The van der Waals surface area contributed by atoms with E-state index in [0.29, 0.717) is 25.2 Å². The van der Waals surface area contributed by atoms with Crippen LogP contribution in [0, 0.1) is 6.92 Å². The van der Waals surface area contributed by atoms with Crippen LogP contribution in [-0.2, 0) is 17.4 Å². The van der Waals surface area contributed by atoms with Crippen molar-refractivity contribution >= 4 is 5.91 Å². The molecule has 0 aromatic carbocycles. The molecule has 9 heteroatoms. The summed E-state index contributed by atoms with van der Waals surface area (Å²) in [6.45, 7) is 2.81. The number of aromatic amines is 2. The van der Waals surface area contributed by atoms with E-state index in [1.54, 1.807) is 11.2 Å². The molecule has 0 saturated carbocycles. The van der Waals surface area contributed by atoms with Gasteiger partial charge in [-0.05, 0) is 19.8 Å². The van der Waals surface area contributed by atoms with Gasteiger partial charge in [0.05, 0.1) is 24.6 Å². The molecule has 1 unspecified atom stereocenters. The van der Waals surface area contributed by atoms with E-state index in [9.17, 15) is 18.0 Å². The van der Waals surface area contributed by atoms with Gasteiger partial charge in [0.1, 0.15) is 11.5 Å². The summed E-state index contributed by atoms with van der Waals surface area (Å²) in [5, 5.41) is 0. The van der Waals surface area contributed by atoms with Crippen LogP contribution < -0.4 is 0 Å². The molecule has 2 aromatic heterocycles. The van der Waals surface area contributed by atoms with Gasteiger partial charge < -0.3 is 14.9 Å². The second kappa shape index (κ2) is 6.29. The number of nitrogens with zero attached hydrogens (tertiary/aromatic N) is 3. The standard InChI is InChI=1S/C15H18F3N5O/c1-9-11(21-8-20-9)5-13(24)23-4-2-3-10(7-23)14-19-6-12(22-14)15(16,17)18/h6,8,10H,2-5,7H2,1H3,(H,19,22)(H,20,21). The van der Waals surface area contributed by atoms with Crippen LogP contribution in [0.3, 0.4) is 0 Å². The van der Waals surface area contributed by atoms with Crippen molar-refractivity contribution in [3.8, 4) is 0 Å². The average molecular weight is 341 g/mol. The van der Waals surface area contributed by atoms with E-state index < -0.39 is 11.9 Å². The lowest BCUT2D eigenvalue weighted by Gasteiger charge is -2.32. The summed E-state index contributed by atoms with van der Waals surface area (Å²) >= 11 is 0. The van der Waals surface area contributed by atoms with Crippen LogP contribution in [0.15, 0.2) is 12.5 Å². The number of rotatable bonds is 3. The van der Waals surface area contributed by atoms with Crippen LogP contribution in [0.25, 0.3) is 0 Å². The molecule has 1 aliphatic heterocycles. The van der Waals surface area contributed by atoms with Gasteiger partial charge in [0, 0.05) is 24.7 Å². The van der Waals surface area contributed by atoms with E-state index in [0.717, 1.165) is 18.3 Å². The number of aryl methyl sites for hydroxylation is 1. The zero-order chi connectivity index (χ0) is 17.3. The van der Waals surface area contributed by atoms with Crippen molar-refractivity contribution in [2.75, 3.05) is 13.1 Å². The lowest BCUT2D eigenvalue weighted by Crippen LogP contribution is -2.40. The van der Waals surface area contributed by atoms with Gasteiger partial charge in [-0.25, -0.2) is 9.97 Å². The molecule has 3 heterocycles. The number of piperidine rings is 1. The van der Waals surface area contributed by atoms with Gasteiger partial charge in [-0.1, -0.05) is 0 Å². The highest BCUT2D eigenvalue weighted by atomic mass is 19.4. The maximum Gasteiger partial charge on any atom is 0.432 e. The number of aromatic nitrogens is 4. The molecule has 130 valence electrons. The van der Waals surface area contributed by atoms with E-state index >= 15 is 0 Å². The lowest BCUT2D eigenvalue weighted by atomic mass is 9.97. The molecule has 0 aliphatic carbocycles. The fourth-order valence-electron chi connectivity index (χ4n) is 2.94. The Morgan fingerprint density at radius 1 is 1.42 bits per heavy atom. The number of amides is 1. The first kappa shape index (κ1) is 16.5. The Bertz CT molecular complexity index is 721. The predicted molar refractivity (Wildman–Crippen MR) is 79.2 cm³/mol. The summed E-state index contributed by atoms with van der Waals surface area (Å²) in [6, 6.07) is 0. The topological polar surface area (TPSA) is 77.7 Å². The SMILES string of the molecule is Cc1[nH]cnc1CC(=O)N1CCCC(c2ncc(C(F)(F)F)[nH]2)C1. The van der Waals surface area contributed by atoms with Gasteiger partial charge in [-0.2, -0.15) is 13.2 Å². The van der Waals surface area contributed by atoms with Crippen molar-refractivity contribution < 1.29 is 18.0 Å². The van der Waals surface area contributed by atoms with Crippen molar-refractivity contribution in [3.63, 3.8) is 0 Å². The molecule has 1 fully saturated rings. The van der Waals surface area contributed by atoms with Crippen molar-refractivity contribution in [2.24, 2.45) is 0 Å².